The SMILES string of the molecule is CC(C)C(Br)c1ccc(Oc2ccccc2)cc1. The van der Waals surface area contributed by atoms with Crippen LogP contribution in [0.25, 0.3) is 0 Å². The molecule has 0 heterocycles. The second-order valence-electron chi connectivity index (χ2n) is 4.63. The van der Waals surface area contributed by atoms with E-state index < -0.39 is 0 Å². The Balaban J connectivity index is 2.09. The largest absolute Gasteiger partial charge is 0.457 e. The first-order valence-electron chi connectivity index (χ1n) is 6.14. The average molecular weight is 305 g/mol. The number of para-hydroxylation sites is 1. The van der Waals surface area contributed by atoms with Crippen LogP contribution in [-0.2, 0) is 0 Å². The number of hydrogen-bond donors (Lipinski definition) is 0. The summed E-state index contributed by atoms with van der Waals surface area (Å²) in [6.07, 6.45) is 0. The molecule has 0 aromatic heterocycles. The van der Waals surface area contributed by atoms with Crippen LogP contribution in [0.5, 0.6) is 11.5 Å². The van der Waals surface area contributed by atoms with E-state index in [2.05, 4.69) is 41.9 Å². The van der Waals surface area contributed by atoms with Crippen LogP contribution in [0.3, 0.4) is 0 Å². The van der Waals surface area contributed by atoms with Crippen molar-refractivity contribution in [2.45, 2.75) is 18.7 Å². The average Bonchev–Trinajstić information content (AvgIpc) is 2.40. The summed E-state index contributed by atoms with van der Waals surface area (Å²) in [5, 5.41) is 0. The van der Waals surface area contributed by atoms with E-state index in [9.17, 15) is 0 Å². The highest BCUT2D eigenvalue weighted by Gasteiger charge is 2.11. The molecule has 2 heteroatoms. The van der Waals surface area contributed by atoms with Crippen LogP contribution in [0.1, 0.15) is 24.2 Å². The second kappa shape index (κ2) is 6.05. The molecule has 0 N–H and O–H groups in total. The highest BCUT2D eigenvalue weighted by Crippen LogP contribution is 2.32. The zero-order valence-electron chi connectivity index (χ0n) is 10.6. The van der Waals surface area contributed by atoms with Crippen LogP contribution in [-0.4, -0.2) is 0 Å². The Morgan fingerprint density at radius 3 is 1.94 bits per heavy atom. The lowest BCUT2D eigenvalue weighted by molar-refractivity contribution is 0.482. The van der Waals surface area contributed by atoms with Gasteiger partial charge in [-0.15, -0.1) is 0 Å². The summed E-state index contributed by atoms with van der Waals surface area (Å²) >= 11 is 3.70. The monoisotopic (exact) mass is 304 g/mol. The van der Waals surface area contributed by atoms with E-state index in [1.807, 2.05) is 42.5 Å². The number of alkyl halides is 1. The molecule has 2 rings (SSSR count). The lowest BCUT2D eigenvalue weighted by Gasteiger charge is -2.14. The van der Waals surface area contributed by atoms with Gasteiger partial charge in [0.1, 0.15) is 11.5 Å². The molecule has 0 spiro atoms. The number of halogens is 1. The standard InChI is InChI=1S/C16H17BrO/c1-12(2)16(17)13-8-10-15(11-9-13)18-14-6-4-3-5-7-14/h3-12,16H,1-2H3. The Morgan fingerprint density at radius 1 is 0.833 bits per heavy atom. The zero-order chi connectivity index (χ0) is 13.0. The molecule has 2 aromatic rings. The molecule has 0 aliphatic rings. The predicted octanol–water partition coefficient (Wildman–Crippen LogP) is 5.57. The van der Waals surface area contributed by atoms with E-state index in [1.165, 1.54) is 5.56 Å². The molecule has 0 saturated carbocycles. The lowest BCUT2D eigenvalue weighted by Crippen LogP contribution is -1.98. The first kappa shape index (κ1) is 13.2. The molecule has 0 radical (unpaired) electrons. The predicted molar refractivity (Wildman–Crippen MR) is 79.5 cm³/mol. The van der Waals surface area contributed by atoms with Gasteiger partial charge in [0.2, 0.25) is 0 Å². The Hall–Kier alpha value is -1.28. The van der Waals surface area contributed by atoms with E-state index in [4.69, 9.17) is 4.74 Å². The summed E-state index contributed by atoms with van der Waals surface area (Å²) in [7, 11) is 0. The molecule has 0 aliphatic heterocycles. The molecular weight excluding hydrogens is 288 g/mol. The summed E-state index contributed by atoms with van der Waals surface area (Å²) < 4.78 is 5.76. The van der Waals surface area contributed by atoms with Crippen molar-refractivity contribution < 1.29 is 4.74 Å². The van der Waals surface area contributed by atoms with Crippen molar-refractivity contribution >= 4 is 15.9 Å². The fourth-order valence-corrected chi connectivity index (χ4v) is 2.03. The number of benzene rings is 2. The molecule has 94 valence electrons. The van der Waals surface area contributed by atoms with Crippen molar-refractivity contribution in [1.29, 1.82) is 0 Å². The maximum atomic E-state index is 5.76. The van der Waals surface area contributed by atoms with Crippen LogP contribution in [0.15, 0.2) is 54.6 Å². The van der Waals surface area contributed by atoms with Gasteiger partial charge >= 0.3 is 0 Å². The van der Waals surface area contributed by atoms with Crippen molar-refractivity contribution in [3.63, 3.8) is 0 Å². The van der Waals surface area contributed by atoms with Crippen LogP contribution in [0.2, 0.25) is 0 Å². The third-order valence-electron chi connectivity index (χ3n) is 2.76. The van der Waals surface area contributed by atoms with Crippen molar-refractivity contribution in [3.05, 3.63) is 60.2 Å². The molecule has 1 atom stereocenters. The second-order valence-corrected chi connectivity index (χ2v) is 5.62. The molecular formula is C16H17BrO. The van der Waals surface area contributed by atoms with E-state index in [0.29, 0.717) is 10.7 Å². The topological polar surface area (TPSA) is 9.23 Å². The molecule has 0 aliphatic carbocycles. The minimum absolute atomic E-state index is 0.392. The number of ether oxygens (including phenoxy) is 1. The smallest absolute Gasteiger partial charge is 0.127 e. The van der Waals surface area contributed by atoms with Crippen molar-refractivity contribution in [1.82, 2.24) is 0 Å². The van der Waals surface area contributed by atoms with Crippen LogP contribution in [0, 0.1) is 5.92 Å². The van der Waals surface area contributed by atoms with Crippen LogP contribution in [0.4, 0.5) is 0 Å². The third-order valence-corrected chi connectivity index (χ3v) is 4.35. The first-order valence-corrected chi connectivity index (χ1v) is 7.05. The molecule has 0 bridgehead atoms. The summed E-state index contributed by atoms with van der Waals surface area (Å²) in [6.45, 7) is 4.40. The molecule has 1 unspecified atom stereocenters. The molecule has 0 saturated heterocycles. The minimum Gasteiger partial charge on any atom is -0.457 e. The number of rotatable bonds is 4. The van der Waals surface area contributed by atoms with Crippen molar-refractivity contribution in [2.75, 3.05) is 0 Å². The normalized spacial score (nSPS) is 12.4. The van der Waals surface area contributed by atoms with Crippen LogP contribution >= 0.6 is 15.9 Å². The van der Waals surface area contributed by atoms with E-state index in [1.54, 1.807) is 0 Å². The van der Waals surface area contributed by atoms with Gasteiger partial charge in [-0.25, -0.2) is 0 Å². The third kappa shape index (κ3) is 3.36. The van der Waals surface area contributed by atoms with Gasteiger partial charge in [-0.1, -0.05) is 60.1 Å². The summed E-state index contributed by atoms with van der Waals surface area (Å²) in [6, 6.07) is 18.1. The van der Waals surface area contributed by atoms with E-state index >= 15 is 0 Å². The van der Waals surface area contributed by atoms with Crippen molar-refractivity contribution in [2.24, 2.45) is 5.92 Å². The van der Waals surface area contributed by atoms with E-state index in [-0.39, 0.29) is 0 Å². The van der Waals surface area contributed by atoms with Gasteiger partial charge in [0.05, 0.1) is 0 Å². The molecule has 0 fully saturated rings. The highest BCUT2D eigenvalue weighted by atomic mass is 79.9. The quantitative estimate of drug-likeness (QED) is 0.671. The maximum Gasteiger partial charge on any atom is 0.127 e. The van der Waals surface area contributed by atoms with E-state index in [0.717, 1.165) is 11.5 Å². The summed E-state index contributed by atoms with van der Waals surface area (Å²) in [5.74, 6) is 2.31. The minimum atomic E-state index is 0.392. The van der Waals surface area contributed by atoms with Gasteiger partial charge in [0.15, 0.2) is 0 Å². The van der Waals surface area contributed by atoms with Gasteiger partial charge in [0, 0.05) is 4.83 Å². The van der Waals surface area contributed by atoms with Gasteiger partial charge < -0.3 is 4.74 Å². The van der Waals surface area contributed by atoms with Gasteiger partial charge in [-0.3, -0.25) is 0 Å². The Bertz CT molecular complexity index is 476. The fraction of sp³-hybridized carbons (Fsp3) is 0.250. The maximum absolute atomic E-state index is 5.76. The molecule has 1 nitrogen and oxygen atoms in total. The molecule has 18 heavy (non-hydrogen) atoms. The molecule has 2 aromatic carbocycles. The highest BCUT2D eigenvalue weighted by molar-refractivity contribution is 9.09. The Kier molecular flexibility index (Phi) is 4.43. The summed E-state index contributed by atoms with van der Waals surface area (Å²) in [4.78, 5) is 0.392. The first-order chi connectivity index (χ1) is 8.66. The lowest BCUT2D eigenvalue weighted by atomic mass is 10.0. The Labute approximate surface area is 117 Å². The van der Waals surface area contributed by atoms with Gasteiger partial charge in [-0.2, -0.15) is 0 Å². The fourth-order valence-electron chi connectivity index (χ4n) is 1.73. The number of hydrogen-bond acceptors (Lipinski definition) is 1. The Morgan fingerprint density at radius 2 is 1.39 bits per heavy atom. The molecule has 0 amide bonds. The van der Waals surface area contributed by atoms with Gasteiger partial charge in [0.25, 0.3) is 0 Å². The zero-order valence-corrected chi connectivity index (χ0v) is 12.2. The van der Waals surface area contributed by atoms with Gasteiger partial charge in [-0.05, 0) is 35.7 Å². The van der Waals surface area contributed by atoms with Crippen molar-refractivity contribution in [3.8, 4) is 11.5 Å². The summed E-state index contributed by atoms with van der Waals surface area (Å²) in [5.41, 5.74) is 1.28. The van der Waals surface area contributed by atoms with Crippen LogP contribution < -0.4 is 4.74 Å².